The second-order valence-corrected chi connectivity index (χ2v) is 4.97. The van der Waals surface area contributed by atoms with Crippen molar-refractivity contribution in [2.75, 3.05) is 6.54 Å². The lowest BCUT2D eigenvalue weighted by Gasteiger charge is -2.10. The monoisotopic (exact) mass is 264 g/mol. The van der Waals surface area contributed by atoms with Crippen molar-refractivity contribution in [2.24, 2.45) is 7.05 Å². The number of aryl methyl sites for hydroxylation is 2. The van der Waals surface area contributed by atoms with Gasteiger partial charge in [-0.3, -0.25) is 14.3 Å². The number of hydrogen-bond donors (Lipinski definition) is 2. The summed E-state index contributed by atoms with van der Waals surface area (Å²) in [6, 6.07) is -0.358. The summed E-state index contributed by atoms with van der Waals surface area (Å²) in [5.41, 5.74) is 3.31. The molecular weight excluding hydrogens is 244 g/mol. The third-order valence-corrected chi connectivity index (χ3v) is 3.64. The highest BCUT2D eigenvalue weighted by Gasteiger charge is 2.26. The summed E-state index contributed by atoms with van der Waals surface area (Å²) in [6.45, 7) is 4.56. The fourth-order valence-electron chi connectivity index (χ4n) is 2.42. The molecule has 1 unspecified atom stereocenters. The van der Waals surface area contributed by atoms with E-state index in [9.17, 15) is 9.59 Å². The molecule has 6 nitrogen and oxygen atoms in total. The van der Waals surface area contributed by atoms with Crippen LogP contribution in [0.3, 0.4) is 0 Å². The normalized spacial score (nSPS) is 18.5. The molecule has 1 atom stereocenters. The number of nitrogens with one attached hydrogen (secondary N) is 2. The zero-order chi connectivity index (χ0) is 14.0. The van der Waals surface area contributed by atoms with Crippen LogP contribution in [0.5, 0.6) is 0 Å². The largest absolute Gasteiger partial charge is 0.354 e. The van der Waals surface area contributed by atoms with Crippen molar-refractivity contribution in [1.82, 2.24) is 20.4 Å². The Hall–Kier alpha value is -1.85. The molecule has 0 spiro atoms. The third kappa shape index (κ3) is 2.94. The maximum Gasteiger partial charge on any atom is 0.242 e. The molecule has 1 aliphatic heterocycles. The van der Waals surface area contributed by atoms with Crippen LogP contribution in [0.4, 0.5) is 0 Å². The van der Waals surface area contributed by atoms with Crippen molar-refractivity contribution in [2.45, 2.75) is 39.2 Å². The van der Waals surface area contributed by atoms with Gasteiger partial charge in [0.05, 0.1) is 5.69 Å². The fourth-order valence-corrected chi connectivity index (χ4v) is 2.42. The van der Waals surface area contributed by atoms with Crippen molar-refractivity contribution < 1.29 is 9.59 Å². The number of rotatable bonds is 4. The Balaban J connectivity index is 1.83. The molecule has 2 amide bonds. The number of amides is 2. The van der Waals surface area contributed by atoms with Gasteiger partial charge in [-0.2, -0.15) is 5.10 Å². The van der Waals surface area contributed by atoms with Gasteiger partial charge >= 0.3 is 0 Å². The molecule has 2 N–H and O–H groups in total. The number of carbonyl (C=O) groups is 2. The molecule has 1 aliphatic rings. The van der Waals surface area contributed by atoms with Crippen LogP contribution in [0.15, 0.2) is 0 Å². The van der Waals surface area contributed by atoms with Crippen LogP contribution in [0.1, 0.15) is 29.8 Å². The van der Waals surface area contributed by atoms with Gasteiger partial charge in [-0.1, -0.05) is 0 Å². The van der Waals surface area contributed by atoms with Crippen molar-refractivity contribution >= 4 is 11.8 Å². The highest BCUT2D eigenvalue weighted by Crippen LogP contribution is 2.12. The van der Waals surface area contributed by atoms with Gasteiger partial charge in [0.2, 0.25) is 11.8 Å². The first kappa shape index (κ1) is 13.6. The van der Waals surface area contributed by atoms with Crippen LogP contribution >= 0.6 is 0 Å². The highest BCUT2D eigenvalue weighted by atomic mass is 16.2. The molecule has 0 radical (unpaired) electrons. The quantitative estimate of drug-likeness (QED) is 0.802. The molecule has 19 heavy (non-hydrogen) atoms. The van der Waals surface area contributed by atoms with E-state index in [1.165, 1.54) is 5.56 Å². The molecule has 104 valence electrons. The van der Waals surface area contributed by atoms with E-state index < -0.39 is 0 Å². The molecule has 2 heterocycles. The molecule has 2 rings (SSSR count). The SMILES string of the molecule is Cc1nn(C)c(C)c1CCNC(=O)C1CCC(=O)N1. The van der Waals surface area contributed by atoms with Crippen LogP contribution in [0, 0.1) is 13.8 Å². The molecule has 0 aliphatic carbocycles. The Labute approximate surface area is 112 Å². The van der Waals surface area contributed by atoms with E-state index in [1.54, 1.807) is 0 Å². The Morgan fingerprint density at radius 2 is 2.26 bits per heavy atom. The van der Waals surface area contributed by atoms with Gasteiger partial charge in [0.1, 0.15) is 6.04 Å². The molecule has 1 saturated heterocycles. The maximum atomic E-state index is 11.8. The van der Waals surface area contributed by atoms with E-state index >= 15 is 0 Å². The van der Waals surface area contributed by atoms with Gasteiger partial charge in [-0.25, -0.2) is 0 Å². The van der Waals surface area contributed by atoms with Gasteiger partial charge in [-0.05, 0) is 32.3 Å². The average molecular weight is 264 g/mol. The van der Waals surface area contributed by atoms with Gasteiger partial charge in [0.25, 0.3) is 0 Å². The predicted octanol–water partition coefficient (Wildman–Crippen LogP) is -0.0258. The van der Waals surface area contributed by atoms with Crippen LogP contribution in [-0.4, -0.2) is 34.2 Å². The molecule has 0 bridgehead atoms. The minimum atomic E-state index is -0.358. The Kier molecular flexibility index (Phi) is 3.87. The summed E-state index contributed by atoms with van der Waals surface area (Å²) >= 11 is 0. The fraction of sp³-hybridized carbons (Fsp3) is 0.615. The number of nitrogens with zero attached hydrogens (tertiary/aromatic N) is 2. The molecule has 0 aromatic carbocycles. The number of hydrogen-bond acceptors (Lipinski definition) is 3. The van der Waals surface area contributed by atoms with E-state index in [4.69, 9.17) is 0 Å². The van der Waals surface area contributed by atoms with Gasteiger partial charge in [-0.15, -0.1) is 0 Å². The lowest BCUT2D eigenvalue weighted by molar-refractivity contribution is -0.125. The van der Waals surface area contributed by atoms with E-state index in [0.29, 0.717) is 19.4 Å². The molecule has 1 fully saturated rings. The molecule has 6 heteroatoms. The number of aromatic nitrogens is 2. The summed E-state index contributed by atoms with van der Waals surface area (Å²) in [5, 5.41) is 9.87. The van der Waals surface area contributed by atoms with E-state index in [-0.39, 0.29) is 17.9 Å². The van der Waals surface area contributed by atoms with Crippen LogP contribution in [0.25, 0.3) is 0 Å². The number of carbonyl (C=O) groups excluding carboxylic acids is 2. The molecular formula is C13H20N4O2. The standard InChI is InChI=1S/C13H20N4O2/c1-8-10(9(2)17(3)16-8)6-7-14-13(19)11-4-5-12(18)15-11/h11H,4-7H2,1-3H3,(H,14,19)(H,15,18). The molecule has 0 saturated carbocycles. The third-order valence-electron chi connectivity index (χ3n) is 3.64. The lowest BCUT2D eigenvalue weighted by Crippen LogP contribution is -2.42. The van der Waals surface area contributed by atoms with E-state index in [1.807, 2.05) is 25.6 Å². The topological polar surface area (TPSA) is 76.0 Å². The first-order chi connectivity index (χ1) is 8.99. The minimum absolute atomic E-state index is 0.0425. The Bertz CT molecular complexity index is 507. The second-order valence-electron chi connectivity index (χ2n) is 4.97. The van der Waals surface area contributed by atoms with Gasteiger partial charge in [0, 0.05) is 25.7 Å². The van der Waals surface area contributed by atoms with E-state index in [0.717, 1.165) is 17.8 Å². The van der Waals surface area contributed by atoms with Gasteiger partial charge in [0.15, 0.2) is 0 Å². The van der Waals surface area contributed by atoms with E-state index in [2.05, 4.69) is 15.7 Å². The van der Waals surface area contributed by atoms with Crippen LogP contribution < -0.4 is 10.6 Å². The zero-order valence-corrected chi connectivity index (χ0v) is 11.6. The van der Waals surface area contributed by atoms with Crippen molar-refractivity contribution in [3.63, 3.8) is 0 Å². The summed E-state index contributed by atoms with van der Waals surface area (Å²) < 4.78 is 1.85. The summed E-state index contributed by atoms with van der Waals surface area (Å²) in [7, 11) is 1.92. The maximum absolute atomic E-state index is 11.8. The first-order valence-electron chi connectivity index (χ1n) is 6.55. The van der Waals surface area contributed by atoms with Crippen molar-refractivity contribution in [3.05, 3.63) is 17.0 Å². The lowest BCUT2D eigenvalue weighted by atomic mass is 10.1. The zero-order valence-electron chi connectivity index (χ0n) is 11.6. The molecule has 1 aromatic rings. The van der Waals surface area contributed by atoms with Crippen LogP contribution in [0.2, 0.25) is 0 Å². The smallest absolute Gasteiger partial charge is 0.242 e. The average Bonchev–Trinajstić information content (AvgIpc) is 2.88. The Morgan fingerprint density at radius 1 is 1.53 bits per heavy atom. The minimum Gasteiger partial charge on any atom is -0.354 e. The highest BCUT2D eigenvalue weighted by molar-refractivity contribution is 5.90. The summed E-state index contributed by atoms with van der Waals surface area (Å²) in [6.07, 6.45) is 1.80. The summed E-state index contributed by atoms with van der Waals surface area (Å²) in [5.74, 6) is -0.135. The Morgan fingerprint density at radius 3 is 2.79 bits per heavy atom. The molecule has 1 aromatic heterocycles. The van der Waals surface area contributed by atoms with Crippen molar-refractivity contribution in [3.8, 4) is 0 Å². The van der Waals surface area contributed by atoms with Gasteiger partial charge < -0.3 is 10.6 Å². The van der Waals surface area contributed by atoms with Crippen LogP contribution in [-0.2, 0) is 23.1 Å². The first-order valence-corrected chi connectivity index (χ1v) is 6.55. The van der Waals surface area contributed by atoms with Crippen molar-refractivity contribution in [1.29, 1.82) is 0 Å². The summed E-state index contributed by atoms with van der Waals surface area (Å²) in [4.78, 5) is 22.9. The second kappa shape index (κ2) is 5.42. The predicted molar refractivity (Wildman–Crippen MR) is 70.6 cm³/mol.